The van der Waals surface area contributed by atoms with Crippen molar-refractivity contribution in [3.63, 3.8) is 0 Å². The Morgan fingerprint density at radius 2 is 2.12 bits per heavy atom. The largest absolute Gasteiger partial charge is 0.399 e. The number of hydrogen-bond acceptors (Lipinski definition) is 3. The fraction of sp³-hybridized carbons (Fsp3) is 0.615. The lowest BCUT2D eigenvalue weighted by atomic mass is 9.87. The van der Waals surface area contributed by atoms with Gasteiger partial charge in [0.05, 0.1) is 0 Å². The van der Waals surface area contributed by atoms with Crippen LogP contribution in [-0.4, -0.2) is 11.5 Å². The normalized spacial score (nSPS) is 17.2. The third kappa shape index (κ3) is 3.40. The van der Waals surface area contributed by atoms with E-state index in [2.05, 4.69) is 10.3 Å². The molecule has 0 aromatic carbocycles. The van der Waals surface area contributed by atoms with E-state index >= 15 is 0 Å². The molecule has 0 radical (unpaired) electrons. The van der Waals surface area contributed by atoms with Gasteiger partial charge in [-0.05, 0) is 18.4 Å². The molecule has 0 saturated heterocycles. The molecule has 1 aromatic heterocycles. The molecule has 1 saturated carbocycles. The zero-order valence-electron chi connectivity index (χ0n) is 9.78. The minimum Gasteiger partial charge on any atom is -0.399 e. The van der Waals surface area contributed by atoms with Crippen molar-refractivity contribution < 1.29 is 0 Å². The molecule has 0 amide bonds. The van der Waals surface area contributed by atoms with Gasteiger partial charge in [0.2, 0.25) is 0 Å². The Morgan fingerprint density at radius 1 is 1.31 bits per heavy atom. The summed E-state index contributed by atoms with van der Waals surface area (Å²) in [6.07, 6.45) is 10.1. The number of aromatic nitrogens is 1. The molecular weight excluding hydrogens is 198 g/mol. The van der Waals surface area contributed by atoms with Crippen LogP contribution in [0.25, 0.3) is 0 Å². The van der Waals surface area contributed by atoms with Crippen molar-refractivity contribution in [1.29, 1.82) is 0 Å². The zero-order chi connectivity index (χ0) is 11.2. The first-order chi connectivity index (χ1) is 7.84. The van der Waals surface area contributed by atoms with Crippen molar-refractivity contribution >= 4 is 11.5 Å². The van der Waals surface area contributed by atoms with E-state index in [9.17, 15) is 0 Å². The van der Waals surface area contributed by atoms with E-state index in [1.165, 1.54) is 38.5 Å². The summed E-state index contributed by atoms with van der Waals surface area (Å²) in [5, 5.41) is 3.34. The molecule has 16 heavy (non-hydrogen) atoms. The van der Waals surface area contributed by atoms with Crippen molar-refractivity contribution in [1.82, 2.24) is 4.98 Å². The van der Waals surface area contributed by atoms with E-state index in [-0.39, 0.29) is 0 Å². The summed E-state index contributed by atoms with van der Waals surface area (Å²) >= 11 is 0. The highest BCUT2D eigenvalue weighted by Crippen LogP contribution is 2.26. The summed E-state index contributed by atoms with van der Waals surface area (Å²) in [5.41, 5.74) is 6.47. The van der Waals surface area contributed by atoms with Crippen LogP contribution in [0, 0.1) is 5.92 Å². The van der Waals surface area contributed by atoms with E-state index in [4.69, 9.17) is 5.73 Å². The number of anilines is 2. The summed E-state index contributed by atoms with van der Waals surface area (Å²) in [6, 6.07) is 3.70. The molecule has 1 aliphatic carbocycles. The Labute approximate surface area is 97.5 Å². The first-order valence-electron chi connectivity index (χ1n) is 6.30. The van der Waals surface area contributed by atoms with Gasteiger partial charge in [-0.3, -0.25) is 0 Å². The molecule has 0 aliphatic heterocycles. The summed E-state index contributed by atoms with van der Waals surface area (Å²) in [6.45, 7) is 1.02. The van der Waals surface area contributed by atoms with Crippen LogP contribution < -0.4 is 11.1 Å². The van der Waals surface area contributed by atoms with Crippen LogP contribution in [-0.2, 0) is 0 Å². The lowest BCUT2D eigenvalue weighted by molar-refractivity contribution is 0.345. The lowest BCUT2D eigenvalue weighted by Gasteiger charge is -2.21. The van der Waals surface area contributed by atoms with E-state index < -0.39 is 0 Å². The minimum absolute atomic E-state index is 0.773. The molecule has 1 aliphatic rings. The molecule has 1 heterocycles. The van der Waals surface area contributed by atoms with Gasteiger partial charge in [-0.25, -0.2) is 4.98 Å². The Kier molecular flexibility index (Phi) is 4.03. The van der Waals surface area contributed by atoms with Crippen LogP contribution in [0.2, 0.25) is 0 Å². The number of nitrogen functional groups attached to an aromatic ring is 1. The number of nitrogens with zero attached hydrogens (tertiary/aromatic N) is 1. The molecule has 0 atom stereocenters. The molecule has 0 bridgehead atoms. The predicted molar refractivity (Wildman–Crippen MR) is 68.3 cm³/mol. The van der Waals surface area contributed by atoms with Crippen molar-refractivity contribution in [2.75, 3.05) is 17.6 Å². The first kappa shape index (κ1) is 11.2. The lowest BCUT2D eigenvalue weighted by Crippen LogP contribution is -2.12. The van der Waals surface area contributed by atoms with Crippen molar-refractivity contribution in [3.05, 3.63) is 18.3 Å². The number of nitrogens with one attached hydrogen (secondary N) is 1. The molecular formula is C13H21N3. The van der Waals surface area contributed by atoms with Crippen LogP contribution in [0.5, 0.6) is 0 Å². The molecule has 3 N–H and O–H groups in total. The van der Waals surface area contributed by atoms with Crippen molar-refractivity contribution in [3.8, 4) is 0 Å². The van der Waals surface area contributed by atoms with Gasteiger partial charge in [-0.15, -0.1) is 0 Å². The minimum atomic E-state index is 0.773. The van der Waals surface area contributed by atoms with Gasteiger partial charge in [0, 0.05) is 24.5 Å². The molecule has 88 valence electrons. The molecule has 1 aromatic rings. The molecule has 1 fully saturated rings. The molecule has 2 rings (SSSR count). The monoisotopic (exact) mass is 219 g/mol. The maximum atomic E-state index is 5.69. The van der Waals surface area contributed by atoms with Crippen LogP contribution in [0.1, 0.15) is 38.5 Å². The smallest absolute Gasteiger partial charge is 0.127 e. The predicted octanol–water partition coefficient (Wildman–Crippen LogP) is 3.05. The maximum Gasteiger partial charge on any atom is 0.127 e. The Balaban J connectivity index is 1.71. The SMILES string of the molecule is Nc1ccnc(NCCC2CCCCC2)c1. The van der Waals surface area contributed by atoms with E-state index in [1.807, 2.05) is 12.1 Å². The van der Waals surface area contributed by atoms with Crippen LogP contribution in [0.3, 0.4) is 0 Å². The summed E-state index contributed by atoms with van der Waals surface area (Å²) in [7, 11) is 0. The summed E-state index contributed by atoms with van der Waals surface area (Å²) in [4.78, 5) is 4.23. The van der Waals surface area contributed by atoms with E-state index in [0.29, 0.717) is 0 Å². The average Bonchev–Trinajstić information content (AvgIpc) is 2.30. The highest BCUT2D eigenvalue weighted by Gasteiger charge is 2.12. The van der Waals surface area contributed by atoms with Gasteiger partial charge in [0.1, 0.15) is 5.82 Å². The van der Waals surface area contributed by atoms with Gasteiger partial charge >= 0.3 is 0 Å². The molecule has 0 spiro atoms. The molecule has 3 nitrogen and oxygen atoms in total. The van der Waals surface area contributed by atoms with Crippen molar-refractivity contribution in [2.45, 2.75) is 38.5 Å². The fourth-order valence-corrected chi connectivity index (χ4v) is 2.42. The maximum absolute atomic E-state index is 5.69. The quantitative estimate of drug-likeness (QED) is 0.818. The molecule has 3 heteroatoms. The van der Waals surface area contributed by atoms with E-state index in [0.717, 1.165) is 24.0 Å². The van der Waals surface area contributed by atoms with Gasteiger partial charge in [0.15, 0.2) is 0 Å². The standard InChI is InChI=1S/C13H21N3/c14-12-7-9-16-13(10-12)15-8-6-11-4-2-1-3-5-11/h7,9-11H,1-6,8H2,(H3,14,15,16). The Morgan fingerprint density at radius 3 is 2.88 bits per heavy atom. The van der Waals surface area contributed by atoms with Crippen LogP contribution in [0.15, 0.2) is 18.3 Å². The highest BCUT2D eigenvalue weighted by atomic mass is 15.0. The molecule has 0 unspecified atom stereocenters. The summed E-state index contributed by atoms with van der Waals surface area (Å²) in [5.74, 6) is 1.82. The van der Waals surface area contributed by atoms with Gasteiger partial charge in [-0.1, -0.05) is 32.1 Å². The topological polar surface area (TPSA) is 50.9 Å². The second kappa shape index (κ2) is 5.73. The number of hydrogen-bond donors (Lipinski definition) is 2. The number of rotatable bonds is 4. The number of nitrogens with two attached hydrogens (primary N) is 1. The van der Waals surface area contributed by atoms with E-state index in [1.54, 1.807) is 6.20 Å². The second-order valence-corrected chi connectivity index (χ2v) is 4.69. The highest BCUT2D eigenvalue weighted by molar-refractivity contribution is 5.48. The third-order valence-corrected chi connectivity index (χ3v) is 3.37. The Hall–Kier alpha value is -1.25. The summed E-state index contributed by atoms with van der Waals surface area (Å²) < 4.78 is 0. The number of pyridine rings is 1. The second-order valence-electron chi connectivity index (χ2n) is 4.69. The van der Waals surface area contributed by atoms with Crippen LogP contribution in [0.4, 0.5) is 11.5 Å². The van der Waals surface area contributed by atoms with Crippen LogP contribution >= 0.6 is 0 Å². The fourth-order valence-electron chi connectivity index (χ4n) is 2.42. The first-order valence-corrected chi connectivity index (χ1v) is 6.30. The van der Waals surface area contributed by atoms with Gasteiger partial charge < -0.3 is 11.1 Å². The van der Waals surface area contributed by atoms with Gasteiger partial charge in [0.25, 0.3) is 0 Å². The van der Waals surface area contributed by atoms with Crippen molar-refractivity contribution in [2.24, 2.45) is 5.92 Å². The average molecular weight is 219 g/mol. The Bertz CT molecular complexity index is 319. The zero-order valence-corrected chi connectivity index (χ0v) is 9.78. The van der Waals surface area contributed by atoms with Gasteiger partial charge in [-0.2, -0.15) is 0 Å². The third-order valence-electron chi connectivity index (χ3n) is 3.37.